The first-order valence-corrected chi connectivity index (χ1v) is 8.11. The molecule has 4 rings (SSSR count). The first-order chi connectivity index (χ1) is 10.2. The second-order valence-corrected chi connectivity index (χ2v) is 6.62. The largest absolute Gasteiger partial charge is 0.310 e. The summed E-state index contributed by atoms with van der Waals surface area (Å²) in [7, 11) is 0. The molecule has 0 fully saturated rings. The molecule has 5 heteroatoms. The molecule has 0 amide bonds. The van der Waals surface area contributed by atoms with E-state index >= 15 is 0 Å². The highest BCUT2D eigenvalue weighted by Gasteiger charge is 2.31. The van der Waals surface area contributed by atoms with Crippen molar-refractivity contribution in [1.29, 1.82) is 0 Å². The van der Waals surface area contributed by atoms with Gasteiger partial charge in [0.2, 0.25) is 0 Å². The van der Waals surface area contributed by atoms with Gasteiger partial charge in [0.25, 0.3) is 0 Å². The average Bonchev–Trinajstić information content (AvgIpc) is 2.99. The molecule has 0 saturated carbocycles. The van der Waals surface area contributed by atoms with E-state index in [0.29, 0.717) is 10.6 Å². The Morgan fingerprint density at radius 1 is 1.29 bits per heavy atom. The van der Waals surface area contributed by atoms with Gasteiger partial charge in [0.15, 0.2) is 0 Å². The van der Waals surface area contributed by atoms with Gasteiger partial charge < -0.3 is 4.57 Å². The van der Waals surface area contributed by atoms with Gasteiger partial charge in [0.1, 0.15) is 17.0 Å². The lowest BCUT2D eigenvalue weighted by Gasteiger charge is -2.17. The van der Waals surface area contributed by atoms with Crippen LogP contribution in [0.15, 0.2) is 36.4 Å². The third-order valence-corrected chi connectivity index (χ3v) is 5.35. The summed E-state index contributed by atoms with van der Waals surface area (Å²) in [6.45, 7) is 2.06. The number of hydrogen-bond donors (Lipinski definition) is 0. The summed E-state index contributed by atoms with van der Waals surface area (Å²) >= 11 is 7.91. The Balaban J connectivity index is 2.00. The summed E-state index contributed by atoms with van der Waals surface area (Å²) in [5.41, 5.74) is 3.72. The van der Waals surface area contributed by atoms with Crippen LogP contribution in [0.1, 0.15) is 22.3 Å². The fraction of sp³-hybridized carbons (Fsp3) is 0.188. The summed E-state index contributed by atoms with van der Waals surface area (Å²) in [6.07, 6.45) is 0. The summed E-state index contributed by atoms with van der Waals surface area (Å²) in [6, 6.07) is 10.9. The van der Waals surface area contributed by atoms with E-state index in [0.717, 1.165) is 28.2 Å². The minimum atomic E-state index is -0.261. The Kier molecular flexibility index (Phi) is 2.98. The van der Waals surface area contributed by atoms with Gasteiger partial charge in [-0.1, -0.05) is 29.8 Å². The molecular formula is C16H12ClFN2S. The van der Waals surface area contributed by atoms with Crippen LogP contribution in [0.5, 0.6) is 0 Å². The summed E-state index contributed by atoms with van der Waals surface area (Å²) in [4.78, 5) is 4.67. The fourth-order valence-electron chi connectivity index (χ4n) is 2.91. The quantitative estimate of drug-likeness (QED) is 0.633. The van der Waals surface area contributed by atoms with Gasteiger partial charge in [-0.15, -0.1) is 11.8 Å². The molecule has 21 heavy (non-hydrogen) atoms. The molecule has 1 aliphatic rings. The molecule has 1 unspecified atom stereocenters. The number of aryl methyl sites for hydroxylation is 1. The highest BCUT2D eigenvalue weighted by atomic mass is 35.5. The average molecular weight is 319 g/mol. The van der Waals surface area contributed by atoms with Crippen molar-refractivity contribution in [3.8, 4) is 0 Å². The highest BCUT2D eigenvalue weighted by molar-refractivity contribution is 7.99. The van der Waals surface area contributed by atoms with E-state index in [1.807, 2.05) is 12.1 Å². The SMILES string of the molecule is Cc1cccc2nc3n(c12)C(c1c(F)cccc1Cl)SC3. The van der Waals surface area contributed by atoms with Crippen LogP contribution in [-0.4, -0.2) is 9.55 Å². The number of halogens is 2. The lowest BCUT2D eigenvalue weighted by molar-refractivity contribution is 0.599. The van der Waals surface area contributed by atoms with E-state index in [2.05, 4.69) is 22.5 Å². The number of rotatable bonds is 1. The molecule has 0 saturated heterocycles. The smallest absolute Gasteiger partial charge is 0.130 e. The molecule has 106 valence electrons. The number of thioether (sulfide) groups is 1. The lowest BCUT2D eigenvalue weighted by Crippen LogP contribution is -2.07. The van der Waals surface area contributed by atoms with Crippen molar-refractivity contribution in [2.24, 2.45) is 0 Å². The molecule has 1 atom stereocenters. The van der Waals surface area contributed by atoms with E-state index in [1.54, 1.807) is 23.9 Å². The Bertz CT molecular complexity index is 839. The topological polar surface area (TPSA) is 17.8 Å². The first-order valence-electron chi connectivity index (χ1n) is 6.69. The Labute approximate surface area is 130 Å². The second kappa shape index (κ2) is 4.75. The predicted molar refractivity (Wildman–Crippen MR) is 85.3 cm³/mol. The normalized spacial score (nSPS) is 17.4. The number of para-hydroxylation sites is 1. The van der Waals surface area contributed by atoms with Gasteiger partial charge in [-0.3, -0.25) is 0 Å². The number of aromatic nitrogens is 2. The lowest BCUT2D eigenvalue weighted by atomic mass is 10.1. The van der Waals surface area contributed by atoms with Crippen molar-refractivity contribution in [2.75, 3.05) is 0 Å². The monoisotopic (exact) mass is 318 g/mol. The van der Waals surface area contributed by atoms with E-state index in [-0.39, 0.29) is 11.2 Å². The Hall–Kier alpha value is -1.52. The minimum Gasteiger partial charge on any atom is -0.310 e. The van der Waals surface area contributed by atoms with Crippen LogP contribution >= 0.6 is 23.4 Å². The molecule has 3 aromatic rings. The van der Waals surface area contributed by atoms with E-state index in [4.69, 9.17) is 11.6 Å². The van der Waals surface area contributed by atoms with Gasteiger partial charge in [-0.25, -0.2) is 9.37 Å². The van der Waals surface area contributed by atoms with Gasteiger partial charge in [0.05, 0.1) is 16.8 Å². The first kappa shape index (κ1) is 13.2. The zero-order chi connectivity index (χ0) is 14.6. The molecule has 0 bridgehead atoms. The molecule has 2 heterocycles. The molecule has 2 aromatic carbocycles. The second-order valence-electron chi connectivity index (χ2n) is 5.14. The fourth-order valence-corrected chi connectivity index (χ4v) is 4.53. The number of imidazole rings is 1. The summed E-state index contributed by atoms with van der Waals surface area (Å²) in [5.74, 6) is 1.49. The van der Waals surface area contributed by atoms with Crippen LogP contribution in [0.3, 0.4) is 0 Å². The molecule has 0 N–H and O–H groups in total. The van der Waals surface area contributed by atoms with Crippen LogP contribution in [0, 0.1) is 12.7 Å². The van der Waals surface area contributed by atoms with Crippen LogP contribution in [-0.2, 0) is 5.75 Å². The van der Waals surface area contributed by atoms with Crippen LogP contribution in [0.25, 0.3) is 11.0 Å². The molecule has 0 aliphatic carbocycles. The van der Waals surface area contributed by atoms with Crippen molar-refractivity contribution in [3.05, 3.63) is 64.2 Å². The predicted octanol–water partition coefficient (Wildman–Crippen LogP) is 4.93. The summed E-state index contributed by atoms with van der Waals surface area (Å²) < 4.78 is 16.4. The van der Waals surface area contributed by atoms with Gasteiger partial charge in [-0.05, 0) is 30.7 Å². The number of hydrogen-bond acceptors (Lipinski definition) is 2. The molecule has 0 spiro atoms. The molecule has 1 aromatic heterocycles. The van der Waals surface area contributed by atoms with Crippen molar-refractivity contribution in [1.82, 2.24) is 9.55 Å². The maximum absolute atomic E-state index is 14.3. The summed E-state index contributed by atoms with van der Waals surface area (Å²) in [5, 5.41) is 0.315. The standard InChI is InChI=1S/C16H12ClFN2S/c1-9-4-2-7-12-15(9)20-13(19-12)8-21-16(20)14-10(17)5-3-6-11(14)18/h2-7,16H,8H2,1H3. The Morgan fingerprint density at radius 2 is 2.10 bits per heavy atom. The van der Waals surface area contributed by atoms with Crippen LogP contribution in [0.2, 0.25) is 5.02 Å². The van der Waals surface area contributed by atoms with E-state index in [1.165, 1.54) is 6.07 Å². The number of fused-ring (bicyclic) bond motifs is 3. The minimum absolute atomic E-state index is 0.153. The highest BCUT2D eigenvalue weighted by Crippen LogP contribution is 2.46. The van der Waals surface area contributed by atoms with Crippen molar-refractivity contribution in [3.63, 3.8) is 0 Å². The molecule has 0 radical (unpaired) electrons. The maximum atomic E-state index is 14.3. The van der Waals surface area contributed by atoms with E-state index in [9.17, 15) is 4.39 Å². The molecule has 2 nitrogen and oxygen atoms in total. The van der Waals surface area contributed by atoms with Gasteiger partial charge >= 0.3 is 0 Å². The Morgan fingerprint density at radius 3 is 2.90 bits per heavy atom. The molecule has 1 aliphatic heterocycles. The number of benzene rings is 2. The van der Waals surface area contributed by atoms with E-state index < -0.39 is 0 Å². The molecular weight excluding hydrogens is 307 g/mol. The van der Waals surface area contributed by atoms with Crippen LogP contribution < -0.4 is 0 Å². The van der Waals surface area contributed by atoms with Gasteiger partial charge in [-0.2, -0.15) is 0 Å². The van der Waals surface area contributed by atoms with Crippen molar-refractivity contribution in [2.45, 2.75) is 18.1 Å². The zero-order valence-electron chi connectivity index (χ0n) is 11.3. The zero-order valence-corrected chi connectivity index (χ0v) is 12.9. The maximum Gasteiger partial charge on any atom is 0.130 e. The van der Waals surface area contributed by atoms with Crippen molar-refractivity contribution >= 4 is 34.4 Å². The number of nitrogens with zero attached hydrogens (tertiary/aromatic N) is 2. The van der Waals surface area contributed by atoms with Crippen molar-refractivity contribution < 1.29 is 4.39 Å². The van der Waals surface area contributed by atoms with Gasteiger partial charge in [0, 0.05) is 10.6 Å². The third kappa shape index (κ3) is 1.89. The third-order valence-electron chi connectivity index (χ3n) is 3.84. The van der Waals surface area contributed by atoms with Crippen LogP contribution in [0.4, 0.5) is 4.39 Å².